The number of carboxylic acids is 1. The lowest BCUT2D eigenvalue weighted by Crippen LogP contribution is -2.31. The van der Waals surface area contributed by atoms with Crippen molar-refractivity contribution in [2.24, 2.45) is 0 Å². The van der Waals surface area contributed by atoms with E-state index in [2.05, 4.69) is 20.6 Å². The number of rotatable bonds is 8. The average molecular weight is 667 g/mol. The van der Waals surface area contributed by atoms with Crippen LogP contribution >= 0.6 is 35.6 Å². The van der Waals surface area contributed by atoms with Crippen LogP contribution in [0.25, 0.3) is 0 Å². The van der Waals surface area contributed by atoms with Crippen molar-refractivity contribution >= 4 is 70.7 Å². The second-order valence-electron chi connectivity index (χ2n) is 9.57. The number of carbonyl (C=O) groups excluding carboxylic acids is 2. The fourth-order valence-corrected chi connectivity index (χ4v) is 5.15. The van der Waals surface area contributed by atoms with Gasteiger partial charge in [0.2, 0.25) is 5.95 Å². The number of nitrogens with one attached hydrogen (secondary N) is 2. The number of benzene rings is 3. The van der Waals surface area contributed by atoms with Gasteiger partial charge in [-0.25, -0.2) is 9.97 Å². The van der Waals surface area contributed by atoms with Gasteiger partial charge >= 0.3 is 12.1 Å². The summed E-state index contributed by atoms with van der Waals surface area (Å²) in [5.74, 6) is -2.14. The van der Waals surface area contributed by atoms with Gasteiger partial charge in [-0.3, -0.25) is 14.4 Å². The molecule has 15 heteroatoms. The van der Waals surface area contributed by atoms with Crippen LogP contribution in [0.2, 0.25) is 10.0 Å². The van der Waals surface area contributed by atoms with Gasteiger partial charge in [0.1, 0.15) is 0 Å². The Bertz CT molecular complexity index is 1720. The molecular formula is C29H21Cl3F3N5O4. The molecule has 228 valence electrons. The second kappa shape index (κ2) is 13.1. The van der Waals surface area contributed by atoms with E-state index in [1.165, 1.54) is 29.2 Å². The number of alkyl halides is 3. The minimum atomic E-state index is -4.57. The minimum Gasteiger partial charge on any atom is -0.481 e. The Balaban J connectivity index is 0.00000442. The van der Waals surface area contributed by atoms with E-state index in [0.29, 0.717) is 50.5 Å². The van der Waals surface area contributed by atoms with Crippen LogP contribution in [-0.4, -0.2) is 37.8 Å². The van der Waals surface area contributed by atoms with Crippen molar-refractivity contribution in [3.63, 3.8) is 0 Å². The Morgan fingerprint density at radius 1 is 0.977 bits per heavy atom. The molecule has 0 aliphatic carbocycles. The van der Waals surface area contributed by atoms with Crippen molar-refractivity contribution in [3.05, 3.63) is 111 Å². The van der Waals surface area contributed by atoms with Crippen molar-refractivity contribution in [1.29, 1.82) is 0 Å². The van der Waals surface area contributed by atoms with Gasteiger partial charge in [-0.15, -0.1) is 12.4 Å². The third-order valence-electron chi connectivity index (χ3n) is 6.57. The lowest BCUT2D eigenvalue weighted by atomic mass is 10.0. The van der Waals surface area contributed by atoms with E-state index in [1.807, 2.05) is 0 Å². The highest BCUT2D eigenvalue weighted by Gasteiger charge is 2.35. The topological polar surface area (TPSA) is 125 Å². The number of aromatic nitrogens is 2. The van der Waals surface area contributed by atoms with E-state index in [-0.39, 0.29) is 36.9 Å². The van der Waals surface area contributed by atoms with E-state index < -0.39 is 35.6 Å². The number of hydrogen-bond acceptors (Lipinski definition) is 6. The van der Waals surface area contributed by atoms with Gasteiger partial charge in [-0.05, 0) is 59.7 Å². The van der Waals surface area contributed by atoms with E-state index >= 15 is 0 Å². The summed E-state index contributed by atoms with van der Waals surface area (Å²) in [6.07, 6.45) is -3.64. The highest BCUT2D eigenvalue weighted by atomic mass is 35.5. The van der Waals surface area contributed by atoms with Gasteiger partial charge in [0.25, 0.3) is 11.8 Å². The molecule has 0 radical (unpaired) electrons. The average Bonchev–Trinajstić information content (AvgIpc) is 3.26. The van der Waals surface area contributed by atoms with Gasteiger partial charge in [-0.2, -0.15) is 13.2 Å². The summed E-state index contributed by atoms with van der Waals surface area (Å²) in [6, 6.07) is 14.7. The van der Waals surface area contributed by atoms with Crippen LogP contribution < -0.4 is 10.6 Å². The Labute approximate surface area is 264 Å². The first-order chi connectivity index (χ1) is 20.4. The first-order valence-electron chi connectivity index (χ1n) is 12.6. The minimum absolute atomic E-state index is 0. The maximum Gasteiger partial charge on any atom is 0.419 e. The highest BCUT2D eigenvalue weighted by molar-refractivity contribution is 6.34. The van der Waals surface area contributed by atoms with Crippen molar-refractivity contribution in [1.82, 2.24) is 14.9 Å². The third-order valence-corrected chi connectivity index (χ3v) is 7.01. The van der Waals surface area contributed by atoms with Crippen LogP contribution in [0.3, 0.4) is 0 Å². The zero-order valence-corrected chi connectivity index (χ0v) is 24.6. The molecule has 5 rings (SSSR count). The number of fused-ring (bicyclic) bond motifs is 1. The van der Waals surface area contributed by atoms with Crippen LogP contribution in [-0.2, 0) is 17.5 Å². The standard InChI is InChI=1S/C29H20Cl2F3N5O4.ClH/c30-19-6-17(7-20(31)9-19)24(11-25(40)41)39-14-16-4-5-22(10-23(16)27(39)43)37-26(42)15-2-1-3-21(8-15)38-28-35-12-18(13-36-28)29(32,33)34;/h1-10,12-13,24H,11,14H2,(H,37,42)(H,40,41)(H,35,36,38);1H. The molecule has 1 aliphatic heterocycles. The zero-order valence-electron chi connectivity index (χ0n) is 22.2. The normalized spacial score (nSPS) is 13.1. The molecule has 0 saturated carbocycles. The molecule has 3 aromatic carbocycles. The van der Waals surface area contributed by atoms with Gasteiger partial charge in [0.05, 0.1) is 18.0 Å². The molecule has 0 spiro atoms. The van der Waals surface area contributed by atoms with Crippen LogP contribution in [0.15, 0.2) is 73.1 Å². The first-order valence-corrected chi connectivity index (χ1v) is 13.3. The van der Waals surface area contributed by atoms with Gasteiger partial charge in [-0.1, -0.05) is 35.3 Å². The molecule has 0 saturated heterocycles. The molecule has 1 aliphatic rings. The number of amides is 2. The lowest BCUT2D eigenvalue weighted by molar-refractivity contribution is -0.139. The fourth-order valence-electron chi connectivity index (χ4n) is 4.60. The Morgan fingerprint density at radius 3 is 2.30 bits per heavy atom. The predicted octanol–water partition coefficient (Wildman–Crippen LogP) is 7.39. The van der Waals surface area contributed by atoms with E-state index in [9.17, 15) is 32.7 Å². The molecule has 44 heavy (non-hydrogen) atoms. The Kier molecular flexibility index (Phi) is 9.67. The van der Waals surface area contributed by atoms with Gasteiger partial charge < -0.3 is 20.6 Å². The number of anilines is 3. The number of aliphatic carboxylic acids is 1. The van der Waals surface area contributed by atoms with Crippen molar-refractivity contribution in [2.45, 2.75) is 25.2 Å². The molecule has 1 unspecified atom stereocenters. The van der Waals surface area contributed by atoms with Gasteiger partial charge in [0, 0.05) is 51.5 Å². The van der Waals surface area contributed by atoms with E-state index in [0.717, 1.165) is 0 Å². The van der Waals surface area contributed by atoms with E-state index in [1.54, 1.807) is 36.4 Å². The predicted molar refractivity (Wildman–Crippen MR) is 160 cm³/mol. The fraction of sp³-hybridized carbons (Fsp3) is 0.138. The second-order valence-corrected chi connectivity index (χ2v) is 10.4. The van der Waals surface area contributed by atoms with E-state index in [4.69, 9.17) is 23.2 Å². The summed E-state index contributed by atoms with van der Waals surface area (Å²) in [6.45, 7) is 0.143. The Morgan fingerprint density at radius 2 is 1.66 bits per heavy atom. The summed E-state index contributed by atoms with van der Waals surface area (Å²) in [4.78, 5) is 46.9. The summed E-state index contributed by atoms with van der Waals surface area (Å²) in [5.41, 5.74) is 1.33. The molecule has 1 atom stereocenters. The van der Waals surface area contributed by atoms with Crippen molar-refractivity contribution in [3.8, 4) is 0 Å². The van der Waals surface area contributed by atoms with Crippen LogP contribution in [0.5, 0.6) is 0 Å². The number of carboxylic acid groups (broad SMARTS) is 1. The molecule has 9 nitrogen and oxygen atoms in total. The van der Waals surface area contributed by atoms with Gasteiger partial charge in [0.15, 0.2) is 0 Å². The number of carbonyl (C=O) groups is 3. The summed E-state index contributed by atoms with van der Waals surface area (Å²) >= 11 is 12.3. The smallest absolute Gasteiger partial charge is 0.419 e. The van der Waals surface area contributed by atoms with Crippen LogP contribution in [0.1, 0.15) is 49.9 Å². The molecule has 1 aromatic heterocycles. The number of halogens is 6. The molecule has 3 N–H and O–H groups in total. The quantitative estimate of drug-likeness (QED) is 0.179. The van der Waals surface area contributed by atoms with Crippen LogP contribution in [0.4, 0.5) is 30.5 Å². The molecule has 2 amide bonds. The van der Waals surface area contributed by atoms with Crippen molar-refractivity contribution < 1.29 is 32.7 Å². The highest BCUT2D eigenvalue weighted by Crippen LogP contribution is 2.36. The molecule has 4 aromatic rings. The third kappa shape index (κ3) is 7.39. The Hall–Kier alpha value is -4.39. The monoisotopic (exact) mass is 665 g/mol. The largest absolute Gasteiger partial charge is 0.481 e. The lowest BCUT2D eigenvalue weighted by Gasteiger charge is -2.27. The first kappa shape index (κ1) is 32.5. The summed E-state index contributed by atoms with van der Waals surface area (Å²) < 4.78 is 38.3. The summed E-state index contributed by atoms with van der Waals surface area (Å²) in [5, 5.41) is 15.6. The zero-order chi connectivity index (χ0) is 30.9. The van der Waals surface area contributed by atoms with Crippen LogP contribution in [0, 0.1) is 0 Å². The molecule has 0 fully saturated rings. The molecular weight excluding hydrogens is 646 g/mol. The maximum absolute atomic E-state index is 13.4. The SMILES string of the molecule is Cl.O=C(O)CC(c1cc(Cl)cc(Cl)c1)N1Cc2ccc(NC(=O)c3cccc(Nc4ncc(C(F)(F)F)cn4)c3)cc2C1=O. The summed E-state index contributed by atoms with van der Waals surface area (Å²) in [7, 11) is 0. The number of hydrogen-bond donors (Lipinski definition) is 3. The number of nitrogens with zero attached hydrogens (tertiary/aromatic N) is 3. The molecule has 0 bridgehead atoms. The van der Waals surface area contributed by atoms with Crippen molar-refractivity contribution in [2.75, 3.05) is 10.6 Å². The molecule has 2 heterocycles. The maximum atomic E-state index is 13.4.